The van der Waals surface area contributed by atoms with Crippen LogP contribution in [0.2, 0.25) is 0 Å². The number of fused-ring (bicyclic) bond motifs is 1. The molecule has 0 spiro atoms. The number of aromatic nitrogens is 1. The Kier molecular flexibility index (Phi) is 7.80. The summed E-state index contributed by atoms with van der Waals surface area (Å²) in [6.07, 6.45) is 0. The van der Waals surface area contributed by atoms with Crippen molar-refractivity contribution in [2.24, 2.45) is 0 Å². The van der Waals surface area contributed by atoms with Crippen molar-refractivity contribution in [3.8, 4) is 11.1 Å². The molecule has 0 fully saturated rings. The summed E-state index contributed by atoms with van der Waals surface area (Å²) in [5.74, 6) is -0.549. The van der Waals surface area contributed by atoms with Crippen LogP contribution in [0, 0.1) is 13.8 Å². The quantitative estimate of drug-likeness (QED) is 0.206. The van der Waals surface area contributed by atoms with Gasteiger partial charge in [0.15, 0.2) is 0 Å². The first kappa shape index (κ1) is 27.9. The van der Waals surface area contributed by atoms with E-state index in [-0.39, 0.29) is 11.9 Å². The predicted octanol–water partition coefficient (Wildman–Crippen LogP) is 8.29. The van der Waals surface area contributed by atoms with Gasteiger partial charge in [-0.05, 0) is 84.3 Å². The lowest BCUT2D eigenvalue weighted by Gasteiger charge is -2.16. The predicted molar refractivity (Wildman–Crippen MR) is 166 cm³/mol. The number of aromatic carboxylic acids is 1. The molecule has 1 aromatic heterocycles. The van der Waals surface area contributed by atoms with Crippen molar-refractivity contribution < 1.29 is 14.7 Å². The number of carbonyl (C=O) groups is 2. The molecular formula is C36H36N2O3. The molecule has 0 bridgehead atoms. The SMILES string of the molecule is Cc1c(C)n(Cc2ccc(-c3ccccc3C(=O)O)cc2)c2ccc(C(=O)N[C@@H](C)c3ccc(C(C)C)cc3)cc12. The Labute approximate surface area is 241 Å². The maximum Gasteiger partial charge on any atom is 0.336 e. The smallest absolute Gasteiger partial charge is 0.336 e. The average molecular weight is 545 g/mol. The first-order chi connectivity index (χ1) is 19.6. The molecule has 5 heteroatoms. The second kappa shape index (κ2) is 11.5. The highest BCUT2D eigenvalue weighted by Crippen LogP contribution is 2.29. The van der Waals surface area contributed by atoms with Crippen LogP contribution in [0.1, 0.15) is 81.4 Å². The number of amides is 1. The molecule has 0 saturated heterocycles. The Morgan fingerprint density at radius 2 is 1.49 bits per heavy atom. The molecule has 5 nitrogen and oxygen atoms in total. The molecule has 0 unspecified atom stereocenters. The van der Waals surface area contributed by atoms with Gasteiger partial charge in [0.25, 0.3) is 5.91 Å². The Balaban J connectivity index is 1.36. The normalized spacial score (nSPS) is 12.0. The Morgan fingerprint density at radius 1 is 0.829 bits per heavy atom. The zero-order chi connectivity index (χ0) is 29.3. The van der Waals surface area contributed by atoms with Crippen molar-refractivity contribution in [1.82, 2.24) is 9.88 Å². The number of benzene rings is 4. The van der Waals surface area contributed by atoms with Crippen LogP contribution in [0.25, 0.3) is 22.0 Å². The van der Waals surface area contributed by atoms with E-state index in [0.29, 0.717) is 29.2 Å². The van der Waals surface area contributed by atoms with Gasteiger partial charge < -0.3 is 15.0 Å². The Morgan fingerprint density at radius 3 is 2.15 bits per heavy atom. The van der Waals surface area contributed by atoms with Gasteiger partial charge >= 0.3 is 5.97 Å². The van der Waals surface area contributed by atoms with E-state index in [0.717, 1.165) is 38.9 Å². The van der Waals surface area contributed by atoms with Crippen molar-refractivity contribution in [3.05, 3.63) is 130 Å². The van der Waals surface area contributed by atoms with Gasteiger partial charge in [0, 0.05) is 28.7 Å². The highest BCUT2D eigenvalue weighted by molar-refractivity contribution is 5.99. The van der Waals surface area contributed by atoms with Crippen molar-refractivity contribution in [3.63, 3.8) is 0 Å². The molecule has 2 N–H and O–H groups in total. The average Bonchev–Trinajstić information content (AvgIpc) is 3.21. The zero-order valence-corrected chi connectivity index (χ0v) is 24.2. The molecule has 0 radical (unpaired) electrons. The van der Waals surface area contributed by atoms with Crippen LogP contribution >= 0.6 is 0 Å². The molecule has 0 aliphatic rings. The maximum atomic E-state index is 13.2. The molecule has 1 amide bonds. The number of nitrogens with zero attached hydrogens (tertiary/aromatic N) is 1. The lowest BCUT2D eigenvalue weighted by molar-refractivity contribution is 0.0697. The molecule has 5 aromatic rings. The highest BCUT2D eigenvalue weighted by Gasteiger charge is 2.17. The van der Waals surface area contributed by atoms with Crippen molar-refractivity contribution in [2.75, 3.05) is 0 Å². The summed E-state index contributed by atoms with van der Waals surface area (Å²) in [5.41, 5.74) is 9.37. The molecule has 41 heavy (non-hydrogen) atoms. The van der Waals surface area contributed by atoms with E-state index in [9.17, 15) is 14.7 Å². The fourth-order valence-corrected chi connectivity index (χ4v) is 5.42. The van der Waals surface area contributed by atoms with Crippen molar-refractivity contribution in [2.45, 2.75) is 53.1 Å². The lowest BCUT2D eigenvalue weighted by atomic mass is 9.99. The fourth-order valence-electron chi connectivity index (χ4n) is 5.42. The van der Waals surface area contributed by atoms with Gasteiger partial charge in [-0.3, -0.25) is 4.79 Å². The van der Waals surface area contributed by atoms with Crippen LogP contribution in [-0.4, -0.2) is 21.6 Å². The number of carbonyl (C=O) groups excluding carboxylic acids is 1. The summed E-state index contributed by atoms with van der Waals surface area (Å²) in [5, 5.41) is 13.8. The van der Waals surface area contributed by atoms with Crippen LogP contribution < -0.4 is 5.32 Å². The largest absolute Gasteiger partial charge is 0.478 e. The van der Waals surface area contributed by atoms with E-state index in [1.807, 2.05) is 61.5 Å². The minimum absolute atomic E-state index is 0.0885. The summed E-state index contributed by atoms with van der Waals surface area (Å²) in [7, 11) is 0. The number of hydrogen-bond donors (Lipinski definition) is 2. The highest BCUT2D eigenvalue weighted by atomic mass is 16.4. The third-order valence-electron chi connectivity index (χ3n) is 8.11. The van der Waals surface area contributed by atoms with E-state index in [4.69, 9.17) is 0 Å². The molecule has 0 aliphatic heterocycles. The van der Waals surface area contributed by atoms with Crippen LogP contribution in [0.3, 0.4) is 0 Å². The second-order valence-electron chi connectivity index (χ2n) is 11.1. The van der Waals surface area contributed by atoms with E-state index < -0.39 is 5.97 Å². The third-order valence-corrected chi connectivity index (χ3v) is 8.11. The second-order valence-corrected chi connectivity index (χ2v) is 11.1. The number of aryl methyl sites for hydroxylation is 1. The van der Waals surface area contributed by atoms with Gasteiger partial charge in [0.1, 0.15) is 0 Å². The van der Waals surface area contributed by atoms with Crippen LogP contribution in [0.4, 0.5) is 0 Å². The lowest BCUT2D eigenvalue weighted by Crippen LogP contribution is -2.26. The summed E-state index contributed by atoms with van der Waals surface area (Å²) in [4.78, 5) is 24.9. The molecule has 4 aromatic carbocycles. The third kappa shape index (κ3) is 5.66. The summed E-state index contributed by atoms with van der Waals surface area (Å²) < 4.78 is 2.27. The van der Waals surface area contributed by atoms with Gasteiger partial charge in [-0.2, -0.15) is 0 Å². The number of carboxylic acid groups (broad SMARTS) is 1. The molecule has 0 aliphatic carbocycles. The van der Waals surface area contributed by atoms with Crippen LogP contribution in [0.5, 0.6) is 0 Å². The van der Waals surface area contributed by atoms with Crippen molar-refractivity contribution >= 4 is 22.8 Å². The van der Waals surface area contributed by atoms with Gasteiger partial charge in [-0.25, -0.2) is 4.79 Å². The first-order valence-corrected chi connectivity index (χ1v) is 14.1. The maximum absolute atomic E-state index is 13.2. The van der Waals surface area contributed by atoms with Gasteiger partial charge in [-0.1, -0.05) is 80.6 Å². The summed E-state index contributed by atoms with van der Waals surface area (Å²) in [6.45, 7) is 11.2. The van der Waals surface area contributed by atoms with E-state index in [1.165, 1.54) is 5.56 Å². The fraction of sp³-hybridized carbons (Fsp3) is 0.222. The topological polar surface area (TPSA) is 71.3 Å². The van der Waals surface area contributed by atoms with Crippen LogP contribution in [-0.2, 0) is 6.54 Å². The van der Waals surface area contributed by atoms with Gasteiger partial charge in [0.2, 0.25) is 0 Å². The number of rotatable bonds is 8. The molecule has 1 atom stereocenters. The number of hydrogen-bond acceptors (Lipinski definition) is 2. The first-order valence-electron chi connectivity index (χ1n) is 14.1. The van der Waals surface area contributed by atoms with Crippen LogP contribution in [0.15, 0.2) is 91.0 Å². The molecule has 0 saturated carbocycles. The monoisotopic (exact) mass is 544 g/mol. The van der Waals surface area contributed by atoms with Gasteiger partial charge in [0.05, 0.1) is 11.6 Å². The molecule has 1 heterocycles. The van der Waals surface area contributed by atoms with Gasteiger partial charge in [-0.15, -0.1) is 0 Å². The minimum Gasteiger partial charge on any atom is -0.478 e. The van der Waals surface area contributed by atoms with E-state index in [2.05, 4.69) is 61.8 Å². The van der Waals surface area contributed by atoms with E-state index in [1.54, 1.807) is 12.1 Å². The molecule has 5 rings (SSSR count). The summed E-state index contributed by atoms with van der Waals surface area (Å²) in [6, 6.07) is 29.4. The molecule has 208 valence electrons. The minimum atomic E-state index is -0.933. The van der Waals surface area contributed by atoms with E-state index >= 15 is 0 Å². The number of carboxylic acids is 1. The zero-order valence-electron chi connectivity index (χ0n) is 24.2. The van der Waals surface area contributed by atoms with Crippen molar-refractivity contribution in [1.29, 1.82) is 0 Å². The Hall–Kier alpha value is -4.64. The molecular weight excluding hydrogens is 508 g/mol. The standard InChI is InChI=1S/C36H36N2O3/c1-22(2)27-14-16-28(17-15-27)24(4)37-35(39)30-18-19-34-33(20-30)23(3)25(5)38(34)21-26-10-12-29(13-11-26)31-8-6-7-9-32(31)36(40)41/h6-20,22,24H,21H2,1-5H3,(H,37,39)(H,40,41)/t24-/m0/s1. The summed E-state index contributed by atoms with van der Waals surface area (Å²) >= 11 is 0. The number of nitrogens with one attached hydrogen (secondary N) is 1. The Bertz CT molecular complexity index is 1730.